The Bertz CT molecular complexity index is 1180. The SMILES string of the molecule is CCOc1ccc(CC(=O)N2CCN(CC(=O)c3cc(C)n(-c4ccc(F)cc4)c3C)CC2)cc1. The normalized spacial score (nSPS) is 14.2. The molecule has 0 bridgehead atoms. The number of rotatable bonds is 8. The lowest BCUT2D eigenvalue weighted by Crippen LogP contribution is -2.50. The van der Waals surface area contributed by atoms with Crippen LogP contribution in [0.15, 0.2) is 54.6 Å². The molecule has 3 aromatic rings. The fourth-order valence-corrected chi connectivity index (χ4v) is 4.63. The van der Waals surface area contributed by atoms with Crippen LogP contribution < -0.4 is 4.74 Å². The maximum atomic E-state index is 13.3. The van der Waals surface area contributed by atoms with Crippen LogP contribution in [0.1, 0.15) is 34.2 Å². The second-order valence-corrected chi connectivity index (χ2v) is 8.93. The van der Waals surface area contributed by atoms with Crippen molar-refractivity contribution in [3.63, 3.8) is 0 Å². The van der Waals surface area contributed by atoms with E-state index in [2.05, 4.69) is 4.90 Å². The lowest BCUT2D eigenvalue weighted by atomic mass is 10.1. The van der Waals surface area contributed by atoms with E-state index in [4.69, 9.17) is 4.74 Å². The summed E-state index contributed by atoms with van der Waals surface area (Å²) in [5, 5.41) is 0. The number of piperazine rings is 1. The largest absolute Gasteiger partial charge is 0.494 e. The molecule has 2 heterocycles. The van der Waals surface area contributed by atoms with E-state index in [0.29, 0.717) is 51.3 Å². The Balaban J connectivity index is 1.32. The summed E-state index contributed by atoms with van der Waals surface area (Å²) in [6, 6.07) is 15.8. The standard InChI is InChI=1S/C28H32FN3O3/c1-4-35-25-11-5-22(6-12-25)18-28(34)31-15-13-30(14-16-31)19-27(33)26-17-20(2)32(21(26)3)24-9-7-23(29)8-10-24/h5-12,17H,4,13-16,18-19H2,1-3H3. The Morgan fingerprint density at radius 2 is 1.60 bits per heavy atom. The summed E-state index contributed by atoms with van der Waals surface area (Å²) in [5.41, 5.74) is 4.26. The quantitative estimate of drug-likeness (QED) is 0.457. The Morgan fingerprint density at radius 1 is 0.943 bits per heavy atom. The second-order valence-electron chi connectivity index (χ2n) is 8.93. The zero-order chi connectivity index (χ0) is 24.9. The van der Waals surface area contributed by atoms with E-state index in [1.165, 1.54) is 12.1 Å². The summed E-state index contributed by atoms with van der Waals surface area (Å²) in [4.78, 5) is 29.8. The van der Waals surface area contributed by atoms with Crippen molar-refractivity contribution in [1.82, 2.24) is 14.4 Å². The fourth-order valence-electron chi connectivity index (χ4n) is 4.63. The van der Waals surface area contributed by atoms with Gasteiger partial charge in [-0.05, 0) is 68.8 Å². The van der Waals surface area contributed by atoms with E-state index in [1.54, 1.807) is 12.1 Å². The minimum Gasteiger partial charge on any atom is -0.494 e. The zero-order valence-electron chi connectivity index (χ0n) is 20.6. The lowest BCUT2D eigenvalue weighted by molar-refractivity contribution is -0.132. The summed E-state index contributed by atoms with van der Waals surface area (Å²) in [6.07, 6.45) is 0.362. The number of amides is 1. The first-order chi connectivity index (χ1) is 16.9. The van der Waals surface area contributed by atoms with Crippen molar-refractivity contribution in [2.75, 3.05) is 39.3 Å². The molecule has 4 rings (SSSR count). The van der Waals surface area contributed by atoms with Crippen LogP contribution in [0.25, 0.3) is 5.69 Å². The van der Waals surface area contributed by atoms with E-state index >= 15 is 0 Å². The molecule has 0 atom stereocenters. The lowest BCUT2D eigenvalue weighted by Gasteiger charge is -2.34. The van der Waals surface area contributed by atoms with Crippen molar-refractivity contribution in [2.45, 2.75) is 27.2 Å². The van der Waals surface area contributed by atoms with Gasteiger partial charge in [-0.3, -0.25) is 14.5 Å². The molecule has 2 aromatic carbocycles. The van der Waals surface area contributed by atoms with Crippen LogP contribution in [0, 0.1) is 19.7 Å². The number of hydrogen-bond acceptors (Lipinski definition) is 4. The molecule has 184 valence electrons. The first-order valence-corrected chi connectivity index (χ1v) is 12.1. The summed E-state index contributed by atoms with van der Waals surface area (Å²) in [7, 11) is 0. The van der Waals surface area contributed by atoms with Crippen LogP contribution in [0.3, 0.4) is 0 Å². The monoisotopic (exact) mass is 477 g/mol. The van der Waals surface area contributed by atoms with Gasteiger partial charge in [-0.2, -0.15) is 0 Å². The highest BCUT2D eigenvalue weighted by Gasteiger charge is 2.24. The first-order valence-electron chi connectivity index (χ1n) is 12.1. The van der Waals surface area contributed by atoms with E-state index in [0.717, 1.165) is 28.4 Å². The van der Waals surface area contributed by atoms with Gasteiger partial charge in [0.05, 0.1) is 19.6 Å². The molecule has 1 aromatic heterocycles. The number of aryl methyl sites for hydroxylation is 1. The van der Waals surface area contributed by atoms with E-state index in [9.17, 15) is 14.0 Å². The number of carbonyl (C=O) groups is 2. The topological polar surface area (TPSA) is 54.8 Å². The Kier molecular flexibility index (Phi) is 7.66. The molecule has 6 nitrogen and oxygen atoms in total. The predicted molar refractivity (Wildman–Crippen MR) is 134 cm³/mol. The van der Waals surface area contributed by atoms with Gasteiger partial charge in [-0.15, -0.1) is 0 Å². The average Bonchev–Trinajstić information content (AvgIpc) is 3.15. The molecular weight excluding hydrogens is 445 g/mol. The highest BCUT2D eigenvalue weighted by atomic mass is 19.1. The Morgan fingerprint density at radius 3 is 2.23 bits per heavy atom. The van der Waals surface area contributed by atoms with Gasteiger partial charge in [0.15, 0.2) is 5.78 Å². The summed E-state index contributed by atoms with van der Waals surface area (Å²) in [6.45, 7) is 9.28. The molecule has 0 unspecified atom stereocenters. The van der Waals surface area contributed by atoms with E-state index in [1.807, 2.05) is 60.6 Å². The van der Waals surface area contributed by atoms with Crippen molar-refractivity contribution in [2.24, 2.45) is 0 Å². The van der Waals surface area contributed by atoms with Crippen molar-refractivity contribution in [3.8, 4) is 11.4 Å². The number of halogens is 1. The first kappa shape index (κ1) is 24.7. The third-order valence-corrected chi connectivity index (χ3v) is 6.50. The number of Topliss-reactive ketones (excluding diaryl/α,β-unsaturated/α-hetero) is 1. The molecule has 7 heteroatoms. The fraction of sp³-hybridized carbons (Fsp3) is 0.357. The van der Waals surface area contributed by atoms with Gasteiger partial charge in [-0.25, -0.2) is 4.39 Å². The maximum Gasteiger partial charge on any atom is 0.227 e. The molecule has 1 amide bonds. The van der Waals surface area contributed by atoms with Crippen molar-refractivity contribution >= 4 is 11.7 Å². The molecule has 0 N–H and O–H groups in total. The number of carbonyl (C=O) groups excluding carboxylic acids is 2. The highest BCUT2D eigenvalue weighted by Crippen LogP contribution is 2.22. The summed E-state index contributed by atoms with van der Waals surface area (Å²) >= 11 is 0. The second kappa shape index (κ2) is 10.9. The predicted octanol–water partition coefficient (Wildman–Crippen LogP) is 4.20. The number of nitrogens with zero attached hydrogens (tertiary/aromatic N) is 3. The van der Waals surface area contributed by atoms with Gasteiger partial charge in [0.25, 0.3) is 0 Å². The Labute approximate surface area is 205 Å². The number of benzene rings is 2. The van der Waals surface area contributed by atoms with Crippen molar-refractivity contribution in [1.29, 1.82) is 0 Å². The average molecular weight is 478 g/mol. The zero-order valence-corrected chi connectivity index (χ0v) is 20.6. The molecule has 1 aliphatic rings. The molecule has 35 heavy (non-hydrogen) atoms. The summed E-state index contributed by atoms with van der Waals surface area (Å²) < 4.78 is 20.8. The van der Waals surface area contributed by atoms with Crippen molar-refractivity contribution in [3.05, 3.63) is 82.9 Å². The molecule has 0 saturated carbocycles. The molecule has 0 spiro atoms. The maximum absolute atomic E-state index is 13.3. The van der Waals surface area contributed by atoms with Gasteiger partial charge in [0.1, 0.15) is 11.6 Å². The smallest absolute Gasteiger partial charge is 0.227 e. The molecule has 0 radical (unpaired) electrons. The van der Waals surface area contributed by atoms with Crippen LogP contribution in [0.4, 0.5) is 4.39 Å². The minimum atomic E-state index is -0.287. The van der Waals surface area contributed by atoms with Crippen LogP contribution in [-0.2, 0) is 11.2 Å². The third-order valence-electron chi connectivity index (χ3n) is 6.50. The van der Waals surface area contributed by atoms with Crippen LogP contribution in [-0.4, -0.2) is 65.4 Å². The number of ether oxygens (including phenoxy) is 1. The van der Waals surface area contributed by atoms with Gasteiger partial charge < -0.3 is 14.2 Å². The molecule has 1 aliphatic heterocycles. The number of ketones is 1. The molecule has 1 saturated heterocycles. The van der Waals surface area contributed by atoms with Crippen molar-refractivity contribution < 1.29 is 18.7 Å². The van der Waals surface area contributed by atoms with Crippen LogP contribution >= 0.6 is 0 Å². The van der Waals surface area contributed by atoms with Crippen LogP contribution in [0.5, 0.6) is 5.75 Å². The minimum absolute atomic E-state index is 0.0561. The third kappa shape index (κ3) is 5.80. The van der Waals surface area contributed by atoms with Crippen LogP contribution in [0.2, 0.25) is 0 Å². The van der Waals surface area contributed by atoms with Gasteiger partial charge >= 0.3 is 0 Å². The number of hydrogen-bond donors (Lipinski definition) is 0. The van der Waals surface area contributed by atoms with Gasteiger partial charge in [0, 0.05) is 48.8 Å². The Hall–Kier alpha value is -3.45. The highest BCUT2D eigenvalue weighted by molar-refractivity contribution is 5.99. The van der Waals surface area contributed by atoms with E-state index in [-0.39, 0.29) is 17.5 Å². The molecule has 1 fully saturated rings. The van der Waals surface area contributed by atoms with E-state index < -0.39 is 0 Å². The van der Waals surface area contributed by atoms with Gasteiger partial charge in [-0.1, -0.05) is 12.1 Å². The number of aromatic nitrogens is 1. The van der Waals surface area contributed by atoms with Gasteiger partial charge in [0.2, 0.25) is 5.91 Å². The molecule has 0 aliphatic carbocycles. The summed E-state index contributed by atoms with van der Waals surface area (Å²) in [5.74, 6) is 0.675. The molecular formula is C28H32FN3O3.